The summed E-state index contributed by atoms with van der Waals surface area (Å²) in [6, 6.07) is 10.0. The normalized spacial score (nSPS) is 12.6. The van der Waals surface area contributed by atoms with Crippen molar-refractivity contribution in [1.82, 2.24) is 19.5 Å². The molecule has 0 radical (unpaired) electrons. The Labute approximate surface area is 137 Å². The summed E-state index contributed by atoms with van der Waals surface area (Å²) in [4.78, 5) is 12.7. The molecule has 8 heteroatoms. The van der Waals surface area contributed by atoms with Crippen LogP contribution < -0.4 is 5.73 Å². The van der Waals surface area contributed by atoms with E-state index in [0.717, 1.165) is 11.3 Å². The van der Waals surface area contributed by atoms with Gasteiger partial charge in [-0.05, 0) is 5.56 Å². The number of nitrogen functional groups attached to an aromatic ring is 1. The van der Waals surface area contributed by atoms with E-state index in [1.54, 1.807) is 4.57 Å². The number of benzene rings is 1. The molecule has 0 fully saturated rings. The van der Waals surface area contributed by atoms with Gasteiger partial charge < -0.3 is 20.5 Å². The fourth-order valence-corrected chi connectivity index (χ4v) is 3.16. The standard InChI is InChI=1S/C15H17N5O2S/c16-13-12-14(18-9-17-13)20(6-11(22)7-21)15(19-12)23-8-10-4-2-1-3-5-10/h1-5,9,11,21-22H,6-8H2,(H2,16,17,18)/t11-/m0/s1. The third-order valence-electron chi connectivity index (χ3n) is 3.34. The van der Waals surface area contributed by atoms with Crippen molar-refractivity contribution in [3.63, 3.8) is 0 Å². The number of nitrogens with two attached hydrogens (primary N) is 1. The summed E-state index contributed by atoms with van der Waals surface area (Å²) in [5.41, 5.74) is 8.09. The number of rotatable bonds is 6. The van der Waals surface area contributed by atoms with Crippen LogP contribution in [0.1, 0.15) is 5.56 Å². The zero-order valence-corrected chi connectivity index (χ0v) is 13.1. The van der Waals surface area contributed by atoms with Gasteiger partial charge in [-0.25, -0.2) is 15.0 Å². The molecular formula is C15H17N5O2S. The number of aromatic nitrogens is 4. The van der Waals surface area contributed by atoms with Crippen LogP contribution in [0.2, 0.25) is 0 Å². The first-order valence-electron chi connectivity index (χ1n) is 7.11. The first-order valence-corrected chi connectivity index (χ1v) is 8.10. The number of imidazole rings is 1. The molecule has 3 rings (SSSR count). The zero-order chi connectivity index (χ0) is 16.2. The molecule has 0 amide bonds. The van der Waals surface area contributed by atoms with E-state index in [1.807, 2.05) is 30.3 Å². The molecule has 0 saturated carbocycles. The van der Waals surface area contributed by atoms with E-state index < -0.39 is 6.10 Å². The quantitative estimate of drug-likeness (QED) is 0.579. The van der Waals surface area contributed by atoms with Gasteiger partial charge in [0.05, 0.1) is 19.3 Å². The van der Waals surface area contributed by atoms with Crippen LogP contribution in [0.25, 0.3) is 11.2 Å². The van der Waals surface area contributed by atoms with Crippen LogP contribution in [0.5, 0.6) is 0 Å². The predicted molar refractivity (Wildman–Crippen MR) is 88.8 cm³/mol. The Bertz CT molecular complexity index is 793. The minimum absolute atomic E-state index is 0.195. The van der Waals surface area contributed by atoms with E-state index in [1.165, 1.54) is 18.1 Å². The smallest absolute Gasteiger partial charge is 0.170 e. The van der Waals surface area contributed by atoms with Gasteiger partial charge in [-0.3, -0.25) is 0 Å². The Morgan fingerprint density at radius 1 is 1.22 bits per heavy atom. The summed E-state index contributed by atoms with van der Waals surface area (Å²) in [6.07, 6.45) is 0.479. The first-order chi connectivity index (χ1) is 11.2. The molecular weight excluding hydrogens is 314 g/mol. The summed E-state index contributed by atoms with van der Waals surface area (Å²) < 4.78 is 1.77. The van der Waals surface area contributed by atoms with Gasteiger partial charge in [-0.2, -0.15) is 0 Å². The summed E-state index contributed by atoms with van der Waals surface area (Å²) in [7, 11) is 0. The lowest BCUT2D eigenvalue weighted by Crippen LogP contribution is -2.20. The second-order valence-corrected chi connectivity index (χ2v) is 5.99. The Morgan fingerprint density at radius 3 is 2.74 bits per heavy atom. The zero-order valence-electron chi connectivity index (χ0n) is 12.3. The van der Waals surface area contributed by atoms with Gasteiger partial charge in [0, 0.05) is 5.75 Å². The van der Waals surface area contributed by atoms with Crippen molar-refractivity contribution >= 4 is 28.7 Å². The third-order valence-corrected chi connectivity index (χ3v) is 4.39. The molecule has 1 atom stereocenters. The van der Waals surface area contributed by atoms with Gasteiger partial charge >= 0.3 is 0 Å². The molecule has 0 spiro atoms. The molecule has 4 N–H and O–H groups in total. The summed E-state index contributed by atoms with van der Waals surface area (Å²) >= 11 is 1.52. The Balaban J connectivity index is 1.94. The molecule has 120 valence electrons. The number of anilines is 1. The summed E-state index contributed by atoms with van der Waals surface area (Å²) in [5.74, 6) is 1.03. The van der Waals surface area contributed by atoms with E-state index in [-0.39, 0.29) is 13.2 Å². The highest BCUT2D eigenvalue weighted by atomic mass is 32.2. The molecule has 0 saturated heterocycles. The third kappa shape index (κ3) is 3.44. The van der Waals surface area contributed by atoms with Crippen LogP contribution in [-0.2, 0) is 12.3 Å². The number of aliphatic hydroxyl groups is 2. The van der Waals surface area contributed by atoms with Crippen LogP contribution in [0.15, 0.2) is 41.8 Å². The van der Waals surface area contributed by atoms with Gasteiger partial charge in [0.1, 0.15) is 6.33 Å². The minimum Gasteiger partial charge on any atom is -0.394 e. The van der Waals surface area contributed by atoms with Gasteiger partial charge in [-0.15, -0.1) is 0 Å². The molecule has 2 aromatic heterocycles. The minimum atomic E-state index is -0.889. The number of hydrogen-bond acceptors (Lipinski definition) is 7. The first kappa shape index (κ1) is 15.7. The lowest BCUT2D eigenvalue weighted by molar-refractivity contribution is 0.0801. The number of hydrogen-bond donors (Lipinski definition) is 3. The maximum Gasteiger partial charge on any atom is 0.170 e. The topological polar surface area (TPSA) is 110 Å². The fraction of sp³-hybridized carbons (Fsp3) is 0.267. The molecule has 0 bridgehead atoms. The highest BCUT2D eigenvalue weighted by molar-refractivity contribution is 7.98. The lowest BCUT2D eigenvalue weighted by atomic mass is 10.2. The van der Waals surface area contributed by atoms with Crippen LogP contribution in [-0.4, -0.2) is 42.4 Å². The second-order valence-electron chi connectivity index (χ2n) is 5.05. The van der Waals surface area contributed by atoms with Crippen LogP contribution >= 0.6 is 11.8 Å². The molecule has 7 nitrogen and oxygen atoms in total. The lowest BCUT2D eigenvalue weighted by Gasteiger charge is -2.11. The number of thioether (sulfide) groups is 1. The molecule has 1 aromatic carbocycles. The molecule has 3 aromatic rings. The van der Waals surface area contributed by atoms with Crippen molar-refractivity contribution in [3.05, 3.63) is 42.2 Å². The maximum absolute atomic E-state index is 9.79. The number of fused-ring (bicyclic) bond motifs is 1. The maximum atomic E-state index is 9.79. The van der Waals surface area contributed by atoms with Crippen LogP contribution in [0, 0.1) is 0 Å². The monoisotopic (exact) mass is 331 g/mol. The van der Waals surface area contributed by atoms with Crippen molar-refractivity contribution in [1.29, 1.82) is 0 Å². The van der Waals surface area contributed by atoms with Crippen molar-refractivity contribution in [2.75, 3.05) is 12.3 Å². The molecule has 0 aliphatic carbocycles. The molecule has 0 aliphatic rings. The number of nitrogens with zero attached hydrogens (tertiary/aromatic N) is 4. The Kier molecular flexibility index (Phi) is 4.75. The summed E-state index contributed by atoms with van der Waals surface area (Å²) in [6.45, 7) is -0.135. The molecule has 2 heterocycles. The van der Waals surface area contributed by atoms with Crippen molar-refractivity contribution in [2.24, 2.45) is 0 Å². The van der Waals surface area contributed by atoms with E-state index in [9.17, 15) is 5.11 Å². The van der Waals surface area contributed by atoms with Crippen molar-refractivity contribution in [3.8, 4) is 0 Å². The van der Waals surface area contributed by atoms with E-state index in [4.69, 9.17) is 10.8 Å². The van der Waals surface area contributed by atoms with E-state index >= 15 is 0 Å². The SMILES string of the molecule is Nc1ncnc2c1nc(SCc1ccccc1)n2C[C@H](O)CO. The van der Waals surface area contributed by atoms with E-state index in [2.05, 4.69) is 15.0 Å². The molecule has 23 heavy (non-hydrogen) atoms. The summed E-state index contributed by atoms with van der Waals surface area (Å²) in [5, 5.41) is 19.6. The molecule has 0 aliphatic heterocycles. The highest BCUT2D eigenvalue weighted by Gasteiger charge is 2.17. The predicted octanol–water partition coefficient (Wildman–Crippen LogP) is 1.05. The van der Waals surface area contributed by atoms with Crippen molar-refractivity contribution in [2.45, 2.75) is 23.6 Å². The largest absolute Gasteiger partial charge is 0.394 e. The van der Waals surface area contributed by atoms with Gasteiger partial charge in [0.15, 0.2) is 22.1 Å². The van der Waals surface area contributed by atoms with E-state index in [0.29, 0.717) is 22.1 Å². The average Bonchev–Trinajstić information content (AvgIpc) is 2.93. The number of aliphatic hydroxyl groups excluding tert-OH is 2. The van der Waals surface area contributed by atoms with Crippen LogP contribution in [0.4, 0.5) is 5.82 Å². The second kappa shape index (κ2) is 6.95. The van der Waals surface area contributed by atoms with Crippen molar-refractivity contribution < 1.29 is 10.2 Å². The Morgan fingerprint density at radius 2 is 2.00 bits per heavy atom. The van der Waals surface area contributed by atoms with Crippen LogP contribution in [0.3, 0.4) is 0 Å². The fourth-order valence-electron chi connectivity index (χ4n) is 2.20. The Hall–Kier alpha value is -2.16. The van der Waals surface area contributed by atoms with Gasteiger partial charge in [0.2, 0.25) is 0 Å². The highest BCUT2D eigenvalue weighted by Crippen LogP contribution is 2.27. The average molecular weight is 331 g/mol. The molecule has 0 unspecified atom stereocenters. The van der Waals surface area contributed by atoms with Gasteiger partial charge in [-0.1, -0.05) is 42.1 Å². The van der Waals surface area contributed by atoms with Gasteiger partial charge in [0.25, 0.3) is 0 Å².